The maximum atomic E-state index is 12.0. The van der Waals surface area contributed by atoms with E-state index in [-0.39, 0.29) is 5.91 Å². The van der Waals surface area contributed by atoms with Crippen LogP contribution < -0.4 is 11.1 Å². The van der Waals surface area contributed by atoms with Crippen LogP contribution in [0.4, 0.5) is 0 Å². The Morgan fingerprint density at radius 3 is 2.25 bits per heavy atom. The summed E-state index contributed by atoms with van der Waals surface area (Å²) < 4.78 is 0. The summed E-state index contributed by atoms with van der Waals surface area (Å²) in [6.07, 6.45) is 1.02. The van der Waals surface area contributed by atoms with Gasteiger partial charge in [0.1, 0.15) is 6.04 Å². The summed E-state index contributed by atoms with van der Waals surface area (Å²) in [5.41, 5.74) is 9.13. The maximum Gasteiger partial charge on any atom is 0.241 e. The summed E-state index contributed by atoms with van der Waals surface area (Å²) in [7, 11) is 0. The second-order valence-electron chi connectivity index (χ2n) is 4.78. The van der Waals surface area contributed by atoms with Gasteiger partial charge in [0.25, 0.3) is 0 Å². The zero-order valence-electron chi connectivity index (χ0n) is 11.7. The molecule has 104 valence electrons. The van der Waals surface area contributed by atoms with Crippen LogP contribution in [0.3, 0.4) is 0 Å². The molecule has 0 fully saturated rings. The zero-order valence-corrected chi connectivity index (χ0v) is 11.7. The van der Waals surface area contributed by atoms with Crippen molar-refractivity contribution in [1.82, 2.24) is 5.32 Å². The number of carbonyl (C=O) groups is 1. The Labute approximate surface area is 119 Å². The van der Waals surface area contributed by atoms with Gasteiger partial charge >= 0.3 is 0 Å². The second-order valence-corrected chi connectivity index (χ2v) is 4.78. The fourth-order valence-electron chi connectivity index (χ4n) is 2.00. The van der Waals surface area contributed by atoms with Gasteiger partial charge in [-0.05, 0) is 23.1 Å². The van der Waals surface area contributed by atoms with Gasteiger partial charge in [-0.15, -0.1) is 0 Å². The molecule has 2 aromatic carbocycles. The molecule has 0 spiro atoms. The molecule has 0 aromatic heterocycles. The Bertz CT molecular complexity index is 549. The van der Waals surface area contributed by atoms with E-state index in [0.29, 0.717) is 6.54 Å². The minimum atomic E-state index is -0.619. The quantitative estimate of drug-likeness (QED) is 0.875. The molecule has 0 aliphatic rings. The summed E-state index contributed by atoms with van der Waals surface area (Å²) in [6.45, 7) is 2.62. The number of hydrogen-bond acceptors (Lipinski definition) is 2. The first kappa shape index (κ1) is 14.3. The lowest BCUT2D eigenvalue weighted by Crippen LogP contribution is -2.33. The predicted octanol–water partition coefficient (Wildman–Crippen LogP) is 2.57. The van der Waals surface area contributed by atoms with E-state index in [4.69, 9.17) is 5.73 Å². The molecular formula is C17H20N2O. The molecule has 1 amide bonds. The van der Waals surface area contributed by atoms with Gasteiger partial charge in [0.05, 0.1) is 0 Å². The Balaban J connectivity index is 1.91. The average Bonchev–Trinajstić information content (AvgIpc) is 2.53. The van der Waals surface area contributed by atoms with Crippen molar-refractivity contribution in [1.29, 1.82) is 0 Å². The molecule has 2 rings (SSSR count). The number of hydrogen-bond donors (Lipinski definition) is 2. The lowest BCUT2D eigenvalue weighted by Gasteiger charge is -2.12. The van der Waals surface area contributed by atoms with Crippen LogP contribution in [0.2, 0.25) is 0 Å². The number of nitrogens with one attached hydrogen (secondary N) is 1. The number of amides is 1. The normalized spacial score (nSPS) is 11.9. The third-order valence-corrected chi connectivity index (χ3v) is 3.34. The molecule has 0 radical (unpaired) electrons. The van der Waals surface area contributed by atoms with Gasteiger partial charge < -0.3 is 11.1 Å². The van der Waals surface area contributed by atoms with Crippen molar-refractivity contribution >= 4 is 5.91 Å². The Hall–Kier alpha value is -2.13. The minimum Gasteiger partial charge on any atom is -0.350 e. The van der Waals surface area contributed by atoms with E-state index in [0.717, 1.165) is 17.5 Å². The lowest BCUT2D eigenvalue weighted by atomic mass is 10.1. The van der Waals surface area contributed by atoms with Crippen molar-refractivity contribution in [2.24, 2.45) is 5.73 Å². The Morgan fingerprint density at radius 1 is 1.05 bits per heavy atom. The van der Waals surface area contributed by atoms with Crippen LogP contribution in [0.1, 0.15) is 29.7 Å². The standard InChI is InChI=1S/C17H20N2O/c1-2-13-8-10-14(11-9-13)12-19-17(20)16(18)15-6-4-3-5-7-15/h3-11,16H,2,12,18H2,1H3,(H,19,20). The van der Waals surface area contributed by atoms with Gasteiger partial charge in [0, 0.05) is 6.54 Å². The van der Waals surface area contributed by atoms with Crippen molar-refractivity contribution in [3.63, 3.8) is 0 Å². The Kier molecular flexibility index (Phi) is 4.91. The van der Waals surface area contributed by atoms with Gasteiger partial charge in [-0.2, -0.15) is 0 Å². The van der Waals surface area contributed by atoms with Crippen LogP contribution in [-0.2, 0) is 17.8 Å². The zero-order chi connectivity index (χ0) is 14.4. The van der Waals surface area contributed by atoms with Gasteiger partial charge in [-0.3, -0.25) is 4.79 Å². The molecule has 1 atom stereocenters. The average molecular weight is 268 g/mol. The fourth-order valence-corrected chi connectivity index (χ4v) is 2.00. The molecule has 3 nitrogen and oxygen atoms in total. The van der Waals surface area contributed by atoms with E-state index in [1.54, 1.807) is 0 Å². The Morgan fingerprint density at radius 2 is 1.65 bits per heavy atom. The topological polar surface area (TPSA) is 55.1 Å². The highest BCUT2D eigenvalue weighted by atomic mass is 16.2. The molecule has 3 N–H and O–H groups in total. The van der Waals surface area contributed by atoms with Crippen LogP contribution >= 0.6 is 0 Å². The molecule has 20 heavy (non-hydrogen) atoms. The number of benzene rings is 2. The monoisotopic (exact) mass is 268 g/mol. The summed E-state index contributed by atoms with van der Waals surface area (Å²) in [5.74, 6) is -0.157. The van der Waals surface area contributed by atoms with Gasteiger partial charge in [0.2, 0.25) is 5.91 Å². The summed E-state index contributed by atoms with van der Waals surface area (Å²) in [6, 6.07) is 17.0. The first-order valence-electron chi connectivity index (χ1n) is 6.86. The van der Waals surface area contributed by atoms with Crippen LogP contribution in [0.5, 0.6) is 0 Å². The molecule has 0 saturated heterocycles. The first-order valence-corrected chi connectivity index (χ1v) is 6.86. The SMILES string of the molecule is CCc1ccc(CNC(=O)C(N)c2ccccc2)cc1. The molecule has 0 heterocycles. The van der Waals surface area contributed by atoms with E-state index in [2.05, 4.69) is 24.4 Å². The van der Waals surface area contributed by atoms with Crippen LogP contribution in [0.15, 0.2) is 54.6 Å². The maximum absolute atomic E-state index is 12.0. The third kappa shape index (κ3) is 3.68. The molecule has 0 aliphatic carbocycles. The highest BCUT2D eigenvalue weighted by Crippen LogP contribution is 2.10. The molecule has 0 aliphatic heterocycles. The van der Waals surface area contributed by atoms with Crippen molar-refractivity contribution < 1.29 is 4.79 Å². The van der Waals surface area contributed by atoms with E-state index in [1.807, 2.05) is 42.5 Å². The number of carbonyl (C=O) groups excluding carboxylic acids is 1. The van der Waals surface area contributed by atoms with Gasteiger partial charge in [0.15, 0.2) is 0 Å². The fraction of sp³-hybridized carbons (Fsp3) is 0.235. The molecule has 0 saturated carbocycles. The lowest BCUT2D eigenvalue weighted by molar-refractivity contribution is -0.122. The van der Waals surface area contributed by atoms with Crippen LogP contribution in [-0.4, -0.2) is 5.91 Å². The van der Waals surface area contributed by atoms with Crippen molar-refractivity contribution in [2.45, 2.75) is 25.9 Å². The van der Waals surface area contributed by atoms with E-state index in [9.17, 15) is 4.79 Å². The van der Waals surface area contributed by atoms with Crippen molar-refractivity contribution in [2.75, 3.05) is 0 Å². The molecular weight excluding hydrogens is 248 g/mol. The number of nitrogens with two attached hydrogens (primary N) is 1. The summed E-state index contributed by atoms with van der Waals surface area (Å²) in [4.78, 5) is 12.0. The van der Waals surface area contributed by atoms with Gasteiger partial charge in [-0.1, -0.05) is 61.5 Å². The minimum absolute atomic E-state index is 0.157. The number of aryl methyl sites for hydroxylation is 1. The molecule has 0 bridgehead atoms. The highest BCUT2D eigenvalue weighted by molar-refractivity contribution is 5.82. The molecule has 2 aromatic rings. The molecule has 3 heteroatoms. The summed E-state index contributed by atoms with van der Waals surface area (Å²) >= 11 is 0. The second kappa shape index (κ2) is 6.87. The van der Waals surface area contributed by atoms with Crippen molar-refractivity contribution in [3.8, 4) is 0 Å². The molecule has 1 unspecified atom stereocenters. The van der Waals surface area contributed by atoms with E-state index < -0.39 is 6.04 Å². The van der Waals surface area contributed by atoms with E-state index in [1.165, 1.54) is 5.56 Å². The third-order valence-electron chi connectivity index (χ3n) is 3.34. The highest BCUT2D eigenvalue weighted by Gasteiger charge is 2.14. The predicted molar refractivity (Wildman–Crippen MR) is 81.0 cm³/mol. The summed E-state index contributed by atoms with van der Waals surface area (Å²) in [5, 5.41) is 2.87. The number of rotatable bonds is 5. The smallest absolute Gasteiger partial charge is 0.241 e. The van der Waals surface area contributed by atoms with Crippen LogP contribution in [0.25, 0.3) is 0 Å². The van der Waals surface area contributed by atoms with Gasteiger partial charge in [-0.25, -0.2) is 0 Å². The van der Waals surface area contributed by atoms with Crippen LogP contribution in [0, 0.1) is 0 Å². The van der Waals surface area contributed by atoms with Crippen molar-refractivity contribution in [3.05, 3.63) is 71.3 Å². The first-order chi connectivity index (χ1) is 9.70. The van der Waals surface area contributed by atoms with E-state index >= 15 is 0 Å². The largest absolute Gasteiger partial charge is 0.350 e.